The molecule has 2 aliphatic heterocycles. The summed E-state index contributed by atoms with van der Waals surface area (Å²) in [4.78, 5) is 19.5. The molecule has 0 aliphatic carbocycles. The second-order valence-electron chi connectivity index (χ2n) is 8.01. The Morgan fingerprint density at radius 1 is 1.19 bits per heavy atom. The van der Waals surface area contributed by atoms with Crippen LogP contribution in [-0.2, 0) is 13.0 Å². The van der Waals surface area contributed by atoms with Gasteiger partial charge >= 0.3 is 0 Å². The van der Waals surface area contributed by atoms with E-state index in [0.717, 1.165) is 60.9 Å². The van der Waals surface area contributed by atoms with Crippen LogP contribution in [0.5, 0.6) is 0 Å². The van der Waals surface area contributed by atoms with E-state index in [9.17, 15) is 4.79 Å². The maximum absolute atomic E-state index is 12.3. The molecule has 2 aliphatic rings. The van der Waals surface area contributed by atoms with Crippen LogP contribution in [0.15, 0.2) is 29.1 Å². The van der Waals surface area contributed by atoms with Crippen LogP contribution in [0.3, 0.4) is 0 Å². The summed E-state index contributed by atoms with van der Waals surface area (Å²) in [6.07, 6.45) is 2.07. The Hall–Kier alpha value is -2.63. The molecule has 2 atom stereocenters. The Morgan fingerprint density at radius 2 is 2.04 bits per heavy atom. The van der Waals surface area contributed by atoms with Crippen LogP contribution in [0.1, 0.15) is 41.9 Å². The zero-order chi connectivity index (χ0) is 18.7. The van der Waals surface area contributed by atoms with E-state index in [1.807, 2.05) is 22.1 Å². The van der Waals surface area contributed by atoms with Crippen molar-refractivity contribution in [1.82, 2.24) is 19.2 Å². The summed E-state index contributed by atoms with van der Waals surface area (Å²) >= 11 is 0. The standard InChI is InChI=1S/C21H25N5O/c1-4-17-9-19(26-21(22-17)13(2)14(3)23-26)24-10-15-8-16(12-24)18-6-5-7-20(27)25(18)11-15/h5-7,9,15-16H,4,8,10-12H2,1-3H3/t15-,16-/m0/s1. The van der Waals surface area contributed by atoms with E-state index < -0.39 is 0 Å². The van der Waals surface area contributed by atoms with Gasteiger partial charge in [0, 0.05) is 54.6 Å². The first kappa shape index (κ1) is 16.5. The van der Waals surface area contributed by atoms with Crippen molar-refractivity contribution in [3.05, 3.63) is 57.3 Å². The maximum atomic E-state index is 12.3. The highest BCUT2D eigenvalue weighted by Crippen LogP contribution is 2.37. The lowest BCUT2D eigenvalue weighted by atomic mass is 9.83. The van der Waals surface area contributed by atoms with Crippen LogP contribution >= 0.6 is 0 Å². The van der Waals surface area contributed by atoms with Gasteiger partial charge in [-0.1, -0.05) is 13.0 Å². The van der Waals surface area contributed by atoms with Gasteiger partial charge in [-0.05, 0) is 38.7 Å². The topological polar surface area (TPSA) is 55.4 Å². The second kappa shape index (κ2) is 5.94. The normalized spacial score (nSPS) is 21.5. The minimum atomic E-state index is 0.133. The van der Waals surface area contributed by atoms with Crippen molar-refractivity contribution in [2.24, 2.45) is 5.92 Å². The van der Waals surface area contributed by atoms with E-state index in [2.05, 4.69) is 30.9 Å². The van der Waals surface area contributed by atoms with Gasteiger partial charge in [0.15, 0.2) is 5.65 Å². The minimum Gasteiger partial charge on any atom is -0.355 e. The van der Waals surface area contributed by atoms with Crippen molar-refractivity contribution in [2.45, 2.75) is 46.1 Å². The molecule has 3 aromatic rings. The molecule has 0 spiro atoms. The van der Waals surface area contributed by atoms with Gasteiger partial charge in [-0.3, -0.25) is 4.79 Å². The molecule has 140 valence electrons. The van der Waals surface area contributed by atoms with Gasteiger partial charge in [-0.25, -0.2) is 4.98 Å². The molecule has 0 saturated carbocycles. The predicted octanol–water partition coefficient (Wildman–Crippen LogP) is 2.69. The van der Waals surface area contributed by atoms with Gasteiger partial charge in [-0.2, -0.15) is 9.61 Å². The lowest BCUT2D eigenvalue weighted by Gasteiger charge is -2.43. The van der Waals surface area contributed by atoms with Crippen molar-refractivity contribution in [1.29, 1.82) is 0 Å². The van der Waals surface area contributed by atoms with Gasteiger partial charge in [0.1, 0.15) is 5.82 Å². The number of hydrogen-bond donors (Lipinski definition) is 0. The highest BCUT2D eigenvalue weighted by molar-refractivity contribution is 5.57. The maximum Gasteiger partial charge on any atom is 0.250 e. The minimum absolute atomic E-state index is 0.133. The predicted molar refractivity (Wildman–Crippen MR) is 106 cm³/mol. The van der Waals surface area contributed by atoms with Gasteiger partial charge < -0.3 is 9.47 Å². The highest BCUT2D eigenvalue weighted by atomic mass is 16.1. The van der Waals surface area contributed by atoms with Gasteiger partial charge in [-0.15, -0.1) is 0 Å². The number of pyridine rings is 1. The summed E-state index contributed by atoms with van der Waals surface area (Å²) in [5.74, 6) is 2.01. The van der Waals surface area contributed by atoms with Crippen LogP contribution in [0.2, 0.25) is 0 Å². The van der Waals surface area contributed by atoms with E-state index in [1.54, 1.807) is 6.07 Å². The first-order valence-electron chi connectivity index (χ1n) is 9.85. The van der Waals surface area contributed by atoms with Crippen molar-refractivity contribution < 1.29 is 0 Å². The molecule has 5 heterocycles. The number of fused-ring (bicyclic) bond motifs is 5. The Kier molecular flexibility index (Phi) is 3.64. The van der Waals surface area contributed by atoms with E-state index >= 15 is 0 Å². The average Bonchev–Trinajstić information content (AvgIpc) is 2.96. The summed E-state index contributed by atoms with van der Waals surface area (Å²) in [6.45, 7) is 8.98. The third-order valence-electron chi connectivity index (χ3n) is 6.26. The SMILES string of the molecule is CCc1cc(N2C[C@@H]3C[C@@H](C2)c2cccc(=O)n2C3)n2nc(C)c(C)c2n1. The van der Waals surface area contributed by atoms with Gasteiger partial charge in [0.05, 0.1) is 5.69 Å². The molecule has 1 saturated heterocycles. The quantitative estimate of drug-likeness (QED) is 0.702. The molecule has 3 aromatic heterocycles. The number of hydrogen-bond acceptors (Lipinski definition) is 4. The number of rotatable bonds is 2. The van der Waals surface area contributed by atoms with Crippen LogP contribution in [0.25, 0.3) is 5.65 Å². The molecule has 0 radical (unpaired) electrons. The fraction of sp³-hybridized carbons (Fsp3) is 0.476. The van der Waals surface area contributed by atoms with Gasteiger partial charge in [0.25, 0.3) is 5.56 Å². The Bertz CT molecular complexity index is 1100. The number of aryl methyl sites for hydroxylation is 3. The summed E-state index contributed by atoms with van der Waals surface area (Å²) < 4.78 is 4.00. The van der Waals surface area contributed by atoms with Gasteiger partial charge in [0.2, 0.25) is 0 Å². The van der Waals surface area contributed by atoms with Crippen LogP contribution in [-0.4, -0.2) is 32.3 Å². The molecule has 0 N–H and O–H groups in total. The zero-order valence-electron chi connectivity index (χ0n) is 16.1. The lowest BCUT2D eigenvalue weighted by molar-refractivity contribution is 0.280. The van der Waals surface area contributed by atoms with Crippen LogP contribution < -0.4 is 10.5 Å². The van der Waals surface area contributed by atoms with Crippen molar-refractivity contribution in [3.63, 3.8) is 0 Å². The molecule has 0 unspecified atom stereocenters. The summed E-state index contributed by atoms with van der Waals surface area (Å²) in [5.41, 5.74) is 5.57. The lowest BCUT2D eigenvalue weighted by Crippen LogP contribution is -2.47. The smallest absolute Gasteiger partial charge is 0.250 e. The highest BCUT2D eigenvalue weighted by Gasteiger charge is 2.35. The molecule has 2 bridgehead atoms. The molecular weight excluding hydrogens is 338 g/mol. The molecule has 0 amide bonds. The van der Waals surface area contributed by atoms with Crippen LogP contribution in [0, 0.1) is 19.8 Å². The summed E-state index contributed by atoms with van der Waals surface area (Å²) in [6, 6.07) is 7.89. The number of nitrogens with zero attached hydrogens (tertiary/aromatic N) is 5. The number of anilines is 1. The van der Waals surface area contributed by atoms with Crippen LogP contribution in [0.4, 0.5) is 5.82 Å². The Morgan fingerprint density at radius 3 is 2.85 bits per heavy atom. The van der Waals surface area contributed by atoms with Crippen molar-refractivity contribution >= 4 is 11.5 Å². The first-order chi connectivity index (χ1) is 13.0. The monoisotopic (exact) mass is 363 g/mol. The summed E-state index contributed by atoms with van der Waals surface area (Å²) in [7, 11) is 0. The largest absolute Gasteiger partial charge is 0.355 e. The molecule has 6 nitrogen and oxygen atoms in total. The number of piperidine rings is 1. The summed E-state index contributed by atoms with van der Waals surface area (Å²) in [5, 5.41) is 4.77. The third-order valence-corrected chi connectivity index (χ3v) is 6.26. The molecule has 0 aromatic carbocycles. The molecular formula is C21H25N5O. The average molecular weight is 363 g/mol. The molecule has 27 heavy (non-hydrogen) atoms. The first-order valence-corrected chi connectivity index (χ1v) is 9.85. The Labute approximate surface area is 158 Å². The third kappa shape index (κ3) is 2.50. The molecule has 6 heteroatoms. The fourth-order valence-electron chi connectivity index (χ4n) is 4.75. The zero-order valence-corrected chi connectivity index (χ0v) is 16.1. The van der Waals surface area contributed by atoms with Crippen molar-refractivity contribution in [2.75, 3.05) is 18.0 Å². The van der Waals surface area contributed by atoms with E-state index in [1.165, 1.54) is 5.69 Å². The fourth-order valence-corrected chi connectivity index (χ4v) is 4.75. The van der Waals surface area contributed by atoms with E-state index in [-0.39, 0.29) is 5.56 Å². The van der Waals surface area contributed by atoms with E-state index in [4.69, 9.17) is 10.1 Å². The molecule has 5 rings (SSSR count). The number of aromatic nitrogens is 4. The van der Waals surface area contributed by atoms with Crippen molar-refractivity contribution in [3.8, 4) is 0 Å². The Balaban J connectivity index is 1.61. The van der Waals surface area contributed by atoms with E-state index in [0.29, 0.717) is 11.8 Å². The molecule has 1 fully saturated rings. The second-order valence-corrected chi connectivity index (χ2v) is 8.01.